The molecule has 1 aliphatic rings. The van der Waals surface area contributed by atoms with Crippen molar-refractivity contribution >= 4 is 20.3 Å². The Morgan fingerprint density at radius 2 is 1.64 bits per heavy atom. The Morgan fingerprint density at radius 3 is 2.36 bits per heavy atom. The monoisotopic (exact) mass is 426 g/mol. The third kappa shape index (κ3) is 5.52. The predicted octanol–water partition coefficient (Wildman–Crippen LogP) is 1.82. The second kappa shape index (κ2) is 8.58. The van der Waals surface area contributed by atoms with E-state index in [0.29, 0.717) is 18.0 Å². The van der Waals surface area contributed by atoms with Crippen LogP contribution < -0.4 is 4.74 Å². The molecule has 0 N–H and O–H groups in total. The highest BCUT2D eigenvalue weighted by Gasteiger charge is 2.36. The first kappa shape index (κ1) is 20.7. The normalized spacial score (nSPS) is 17.6. The van der Waals surface area contributed by atoms with Crippen LogP contribution in [0.4, 0.5) is 0 Å². The van der Waals surface area contributed by atoms with E-state index in [2.05, 4.69) is 4.18 Å². The zero-order valence-electron chi connectivity index (χ0n) is 15.4. The van der Waals surface area contributed by atoms with E-state index in [4.69, 9.17) is 4.74 Å². The third-order valence-electron chi connectivity index (χ3n) is 4.13. The summed E-state index contributed by atoms with van der Waals surface area (Å²) in [7, 11) is -7.26. The number of benzene rings is 2. The van der Waals surface area contributed by atoms with Gasteiger partial charge in [-0.15, -0.1) is 0 Å². The van der Waals surface area contributed by atoms with Gasteiger partial charge in [0, 0.05) is 26.2 Å². The Hall–Kier alpha value is -1.98. The van der Waals surface area contributed by atoms with Gasteiger partial charge in [-0.05, 0) is 29.8 Å². The summed E-state index contributed by atoms with van der Waals surface area (Å²) in [6, 6.07) is 16.6. The molecule has 0 saturated carbocycles. The maximum Gasteiger partial charge on any atom is 0.282 e. The van der Waals surface area contributed by atoms with E-state index in [1.807, 2.05) is 48.5 Å². The van der Waals surface area contributed by atoms with Crippen LogP contribution in [-0.2, 0) is 31.1 Å². The van der Waals surface area contributed by atoms with Gasteiger partial charge in [-0.25, -0.2) is 0 Å². The average molecular weight is 427 g/mol. The molecule has 1 aliphatic heterocycles. The van der Waals surface area contributed by atoms with Gasteiger partial charge in [0.2, 0.25) is 0 Å². The minimum atomic E-state index is -3.66. The Labute approximate surface area is 165 Å². The van der Waals surface area contributed by atoms with Crippen LogP contribution in [0.3, 0.4) is 0 Å². The molecule has 0 amide bonds. The molecule has 1 fully saturated rings. The number of nitrogens with zero attached hydrogens (tertiary/aromatic N) is 2. The second-order valence-corrected chi connectivity index (χ2v) is 9.90. The van der Waals surface area contributed by atoms with Crippen LogP contribution in [0.5, 0.6) is 11.5 Å². The fraction of sp³-hybridized carbons (Fsp3) is 0.333. The molecule has 2 aromatic rings. The van der Waals surface area contributed by atoms with Gasteiger partial charge >= 0.3 is 0 Å². The van der Waals surface area contributed by atoms with Gasteiger partial charge in [0.15, 0.2) is 0 Å². The SMILES string of the molecule is CS(=O)(=O)OCCN1CCN(Cc2cccc(Oc3ccccc3)c2)S1(=O)=O. The van der Waals surface area contributed by atoms with Gasteiger partial charge < -0.3 is 4.74 Å². The molecular formula is C18H22N2O6S2. The third-order valence-corrected chi connectivity index (χ3v) is 6.70. The highest BCUT2D eigenvalue weighted by atomic mass is 32.2. The minimum absolute atomic E-state index is 0.0109. The lowest BCUT2D eigenvalue weighted by Gasteiger charge is -2.18. The van der Waals surface area contributed by atoms with Crippen LogP contribution in [0.25, 0.3) is 0 Å². The molecule has 0 radical (unpaired) electrons. The van der Waals surface area contributed by atoms with E-state index < -0.39 is 20.3 Å². The summed E-state index contributed by atoms with van der Waals surface area (Å²) in [4.78, 5) is 0. The van der Waals surface area contributed by atoms with Crippen molar-refractivity contribution in [1.82, 2.24) is 8.61 Å². The molecule has 8 nitrogen and oxygen atoms in total. The first-order valence-electron chi connectivity index (χ1n) is 8.65. The smallest absolute Gasteiger partial charge is 0.282 e. The molecule has 0 unspecified atom stereocenters. The second-order valence-electron chi connectivity index (χ2n) is 6.33. The first-order valence-corrected chi connectivity index (χ1v) is 11.9. The number of hydrogen-bond donors (Lipinski definition) is 0. The van der Waals surface area contributed by atoms with E-state index in [9.17, 15) is 16.8 Å². The largest absolute Gasteiger partial charge is 0.457 e. The maximum atomic E-state index is 12.6. The van der Waals surface area contributed by atoms with Crippen molar-refractivity contribution in [1.29, 1.82) is 0 Å². The Bertz CT molecular complexity index is 1010. The average Bonchev–Trinajstić information content (AvgIpc) is 2.90. The van der Waals surface area contributed by atoms with E-state index in [0.717, 1.165) is 11.8 Å². The lowest BCUT2D eigenvalue weighted by Crippen LogP contribution is -2.35. The zero-order valence-corrected chi connectivity index (χ0v) is 17.0. The molecule has 1 heterocycles. The van der Waals surface area contributed by atoms with E-state index in [-0.39, 0.29) is 26.2 Å². The number of ether oxygens (including phenoxy) is 1. The molecule has 10 heteroatoms. The molecule has 0 aromatic heterocycles. The Kier molecular flexibility index (Phi) is 6.36. The summed E-state index contributed by atoms with van der Waals surface area (Å²) < 4.78 is 60.3. The topological polar surface area (TPSA) is 93.2 Å². The maximum absolute atomic E-state index is 12.6. The van der Waals surface area contributed by atoms with Gasteiger partial charge in [-0.2, -0.15) is 25.4 Å². The van der Waals surface area contributed by atoms with Crippen LogP contribution in [0, 0.1) is 0 Å². The van der Waals surface area contributed by atoms with Crippen molar-refractivity contribution in [2.45, 2.75) is 6.54 Å². The van der Waals surface area contributed by atoms with Crippen LogP contribution in [0.2, 0.25) is 0 Å². The standard InChI is InChI=1S/C18H22N2O6S2/c1-27(21,22)25-13-12-19-10-11-20(28(19,23)24)15-16-6-5-9-18(14-16)26-17-7-3-2-4-8-17/h2-9,14H,10-13,15H2,1H3. The van der Waals surface area contributed by atoms with Gasteiger partial charge in [-0.1, -0.05) is 30.3 Å². The van der Waals surface area contributed by atoms with Crippen molar-refractivity contribution in [3.63, 3.8) is 0 Å². The molecule has 0 bridgehead atoms. The fourth-order valence-electron chi connectivity index (χ4n) is 2.83. The summed E-state index contributed by atoms with van der Waals surface area (Å²) in [5.74, 6) is 1.32. The lowest BCUT2D eigenvalue weighted by molar-refractivity contribution is 0.286. The summed E-state index contributed by atoms with van der Waals surface area (Å²) in [5.41, 5.74) is 0.797. The van der Waals surface area contributed by atoms with Crippen LogP contribution in [-0.4, -0.2) is 57.9 Å². The van der Waals surface area contributed by atoms with Crippen molar-refractivity contribution < 1.29 is 25.8 Å². The molecule has 0 spiro atoms. The highest BCUT2D eigenvalue weighted by Crippen LogP contribution is 2.24. The molecule has 0 aliphatic carbocycles. The van der Waals surface area contributed by atoms with Crippen molar-refractivity contribution in [2.24, 2.45) is 0 Å². The van der Waals surface area contributed by atoms with Crippen molar-refractivity contribution in [2.75, 3.05) is 32.5 Å². The molecule has 3 rings (SSSR count). The molecular weight excluding hydrogens is 404 g/mol. The van der Waals surface area contributed by atoms with Gasteiger partial charge in [0.05, 0.1) is 12.9 Å². The van der Waals surface area contributed by atoms with E-state index in [1.165, 1.54) is 8.61 Å². The van der Waals surface area contributed by atoms with Gasteiger partial charge in [0.25, 0.3) is 20.3 Å². The first-order chi connectivity index (χ1) is 13.2. The molecule has 0 atom stereocenters. The summed E-state index contributed by atoms with van der Waals surface area (Å²) in [6.45, 7) is 0.605. The number of para-hydroxylation sites is 1. The number of hydrogen-bond acceptors (Lipinski definition) is 6. The number of rotatable bonds is 8. The fourth-order valence-corrected chi connectivity index (χ4v) is 4.78. The van der Waals surface area contributed by atoms with Crippen LogP contribution in [0.1, 0.15) is 5.56 Å². The summed E-state index contributed by atoms with van der Waals surface area (Å²) >= 11 is 0. The Balaban J connectivity index is 1.63. The van der Waals surface area contributed by atoms with E-state index in [1.54, 1.807) is 6.07 Å². The molecule has 152 valence electrons. The van der Waals surface area contributed by atoms with Crippen molar-refractivity contribution in [3.05, 3.63) is 60.2 Å². The van der Waals surface area contributed by atoms with Gasteiger partial charge in [0.1, 0.15) is 11.5 Å². The summed E-state index contributed by atoms with van der Waals surface area (Å²) in [6.07, 6.45) is 0.933. The quantitative estimate of drug-likeness (QED) is 0.598. The minimum Gasteiger partial charge on any atom is -0.457 e. The lowest BCUT2D eigenvalue weighted by atomic mass is 10.2. The summed E-state index contributed by atoms with van der Waals surface area (Å²) in [5, 5.41) is 0. The van der Waals surface area contributed by atoms with Crippen LogP contribution >= 0.6 is 0 Å². The zero-order chi connectivity index (χ0) is 20.2. The van der Waals surface area contributed by atoms with Crippen molar-refractivity contribution in [3.8, 4) is 11.5 Å². The van der Waals surface area contributed by atoms with Gasteiger partial charge in [-0.3, -0.25) is 4.18 Å². The Morgan fingerprint density at radius 1 is 0.964 bits per heavy atom. The predicted molar refractivity (Wildman–Crippen MR) is 105 cm³/mol. The molecule has 1 saturated heterocycles. The molecule has 28 heavy (non-hydrogen) atoms. The highest BCUT2D eigenvalue weighted by molar-refractivity contribution is 7.87. The van der Waals surface area contributed by atoms with Crippen LogP contribution in [0.15, 0.2) is 54.6 Å². The molecule has 2 aromatic carbocycles. The van der Waals surface area contributed by atoms with E-state index >= 15 is 0 Å².